The smallest absolute Gasteiger partial charge is 0.328 e. The predicted octanol–water partition coefficient (Wildman–Crippen LogP) is 1.18. The number of amides is 1. The molecular formula is C15H19NO4. The highest BCUT2D eigenvalue weighted by Gasteiger charge is 2.34. The summed E-state index contributed by atoms with van der Waals surface area (Å²) in [6, 6.07) is 8.87. The third-order valence-electron chi connectivity index (χ3n) is 3.50. The Bertz CT molecular complexity index is 474. The van der Waals surface area contributed by atoms with Crippen LogP contribution < -0.4 is 0 Å². The van der Waals surface area contributed by atoms with Crippen LogP contribution in [0.1, 0.15) is 12.5 Å². The van der Waals surface area contributed by atoms with Gasteiger partial charge in [-0.15, -0.1) is 0 Å². The van der Waals surface area contributed by atoms with E-state index in [9.17, 15) is 9.59 Å². The Morgan fingerprint density at radius 1 is 1.40 bits per heavy atom. The van der Waals surface area contributed by atoms with Crippen LogP contribution in [0.15, 0.2) is 30.3 Å². The maximum atomic E-state index is 12.4. The molecule has 108 valence electrons. The molecule has 1 aliphatic heterocycles. The maximum Gasteiger partial charge on any atom is 0.328 e. The monoisotopic (exact) mass is 277 g/mol. The van der Waals surface area contributed by atoms with Crippen LogP contribution in [0, 0.1) is 5.92 Å². The Hall–Kier alpha value is -1.88. The van der Waals surface area contributed by atoms with Gasteiger partial charge in [0, 0.05) is 12.5 Å². The zero-order chi connectivity index (χ0) is 14.5. The Labute approximate surface area is 118 Å². The molecule has 5 heteroatoms. The predicted molar refractivity (Wildman–Crippen MR) is 73.3 cm³/mol. The number of nitrogens with zero attached hydrogens (tertiary/aromatic N) is 1. The van der Waals surface area contributed by atoms with Crippen molar-refractivity contribution in [3.8, 4) is 0 Å². The summed E-state index contributed by atoms with van der Waals surface area (Å²) in [5.74, 6) is -1.37. The molecule has 20 heavy (non-hydrogen) atoms. The van der Waals surface area contributed by atoms with Gasteiger partial charge in [-0.05, 0) is 12.0 Å². The van der Waals surface area contributed by atoms with E-state index < -0.39 is 12.0 Å². The summed E-state index contributed by atoms with van der Waals surface area (Å²) in [5.41, 5.74) is 1.08. The number of aliphatic carboxylic acids is 1. The zero-order valence-corrected chi connectivity index (χ0v) is 11.5. The summed E-state index contributed by atoms with van der Waals surface area (Å²) in [6.45, 7) is 2.64. The molecule has 1 aliphatic rings. The van der Waals surface area contributed by atoms with Crippen molar-refractivity contribution in [3.05, 3.63) is 35.9 Å². The van der Waals surface area contributed by atoms with Crippen LogP contribution in [0.4, 0.5) is 0 Å². The number of carbonyl (C=O) groups excluding carboxylic acids is 1. The molecule has 1 heterocycles. The van der Waals surface area contributed by atoms with E-state index in [1.165, 1.54) is 4.90 Å². The first-order valence-electron chi connectivity index (χ1n) is 6.74. The van der Waals surface area contributed by atoms with Gasteiger partial charge in [0.15, 0.2) is 6.04 Å². The minimum atomic E-state index is -1.01. The van der Waals surface area contributed by atoms with Gasteiger partial charge in [-0.25, -0.2) is 4.79 Å². The largest absolute Gasteiger partial charge is 0.480 e. The molecule has 1 amide bonds. The number of ether oxygens (including phenoxy) is 1. The highest BCUT2D eigenvalue weighted by atomic mass is 16.5. The fourth-order valence-electron chi connectivity index (χ4n) is 2.41. The summed E-state index contributed by atoms with van der Waals surface area (Å²) in [7, 11) is 0. The molecule has 0 aromatic heterocycles. The van der Waals surface area contributed by atoms with Gasteiger partial charge in [-0.2, -0.15) is 0 Å². The van der Waals surface area contributed by atoms with Gasteiger partial charge in [-0.1, -0.05) is 37.3 Å². The normalized spacial score (nSPS) is 20.4. The molecule has 2 unspecified atom stereocenters. The molecule has 1 saturated heterocycles. The molecule has 1 fully saturated rings. The van der Waals surface area contributed by atoms with Crippen LogP contribution in [0.25, 0.3) is 0 Å². The average Bonchev–Trinajstić information content (AvgIpc) is 2.47. The number of morpholine rings is 1. The lowest BCUT2D eigenvalue weighted by Gasteiger charge is -2.34. The van der Waals surface area contributed by atoms with E-state index in [1.54, 1.807) is 0 Å². The summed E-state index contributed by atoms with van der Waals surface area (Å²) in [4.78, 5) is 25.0. The number of benzene rings is 1. The molecule has 0 aliphatic carbocycles. The lowest BCUT2D eigenvalue weighted by molar-refractivity contribution is -0.160. The molecular weight excluding hydrogens is 258 g/mol. The van der Waals surface area contributed by atoms with Gasteiger partial charge >= 0.3 is 5.97 Å². The summed E-state index contributed by atoms with van der Waals surface area (Å²) >= 11 is 0. The van der Waals surface area contributed by atoms with E-state index in [4.69, 9.17) is 9.84 Å². The van der Waals surface area contributed by atoms with Crippen LogP contribution >= 0.6 is 0 Å². The van der Waals surface area contributed by atoms with Crippen molar-refractivity contribution < 1.29 is 19.4 Å². The quantitative estimate of drug-likeness (QED) is 0.897. The number of hydrogen-bond acceptors (Lipinski definition) is 3. The van der Waals surface area contributed by atoms with Gasteiger partial charge < -0.3 is 14.7 Å². The molecule has 1 aromatic carbocycles. The topological polar surface area (TPSA) is 66.8 Å². The first-order chi connectivity index (χ1) is 9.59. The molecule has 2 atom stereocenters. The average molecular weight is 277 g/mol. The Morgan fingerprint density at radius 2 is 2.10 bits per heavy atom. The van der Waals surface area contributed by atoms with E-state index in [2.05, 4.69) is 0 Å². The second-order valence-corrected chi connectivity index (χ2v) is 5.05. The molecule has 1 N–H and O–H groups in total. The summed E-state index contributed by atoms with van der Waals surface area (Å²) in [6.07, 6.45) is 0.614. The van der Waals surface area contributed by atoms with E-state index in [0.29, 0.717) is 19.6 Å². The van der Waals surface area contributed by atoms with Gasteiger partial charge in [0.2, 0.25) is 5.91 Å². The summed E-state index contributed by atoms with van der Waals surface area (Å²) < 4.78 is 5.15. The number of carbonyl (C=O) groups is 2. The van der Waals surface area contributed by atoms with Crippen molar-refractivity contribution in [2.45, 2.75) is 19.4 Å². The van der Waals surface area contributed by atoms with Crippen molar-refractivity contribution in [1.82, 2.24) is 4.90 Å². The Balaban J connectivity index is 2.03. The highest BCUT2D eigenvalue weighted by Crippen LogP contribution is 2.16. The first-order valence-corrected chi connectivity index (χ1v) is 6.74. The van der Waals surface area contributed by atoms with Crippen LogP contribution in [0.5, 0.6) is 0 Å². The standard InChI is InChI=1S/C15H19NO4/c1-11(9-12-5-3-2-4-6-12)14(17)16-7-8-20-10-13(16)15(18)19/h2-6,11,13H,7-10H2,1H3,(H,18,19). The fraction of sp³-hybridized carbons (Fsp3) is 0.467. The van der Waals surface area contributed by atoms with Gasteiger partial charge in [0.1, 0.15) is 0 Å². The van der Waals surface area contributed by atoms with Gasteiger partial charge in [0.05, 0.1) is 13.2 Å². The van der Waals surface area contributed by atoms with E-state index in [0.717, 1.165) is 5.56 Å². The number of carboxylic acid groups (broad SMARTS) is 1. The second kappa shape index (κ2) is 6.52. The van der Waals surface area contributed by atoms with Gasteiger partial charge in [0.25, 0.3) is 0 Å². The molecule has 2 rings (SSSR count). The number of hydrogen-bond donors (Lipinski definition) is 1. The van der Waals surface area contributed by atoms with Crippen molar-refractivity contribution >= 4 is 11.9 Å². The lowest BCUT2D eigenvalue weighted by Crippen LogP contribution is -2.54. The first kappa shape index (κ1) is 14.5. The molecule has 5 nitrogen and oxygen atoms in total. The third kappa shape index (κ3) is 3.36. The molecule has 1 aromatic rings. The van der Waals surface area contributed by atoms with Crippen LogP contribution in [-0.2, 0) is 20.7 Å². The minimum Gasteiger partial charge on any atom is -0.480 e. The maximum absolute atomic E-state index is 12.4. The Kier molecular flexibility index (Phi) is 4.74. The third-order valence-corrected chi connectivity index (χ3v) is 3.50. The van der Waals surface area contributed by atoms with Crippen LogP contribution in [0.3, 0.4) is 0 Å². The fourth-order valence-corrected chi connectivity index (χ4v) is 2.41. The van der Waals surface area contributed by atoms with Crippen molar-refractivity contribution in [3.63, 3.8) is 0 Å². The van der Waals surface area contributed by atoms with E-state index >= 15 is 0 Å². The van der Waals surface area contributed by atoms with Crippen LogP contribution in [-0.4, -0.2) is 47.7 Å². The SMILES string of the molecule is CC(Cc1ccccc1)C(=O)N1CCOCC1C(=O)O. The Morgan fingerprint density at radius 3 is 2.75 bits per heavy atom. The zero-order valence-electron chi connectivity index (χ0n) is 11.5. The molecule has 0 saturated carbocycles. The van der Waals surface area contributed by atoms with E-state index in [1.807, 2.05) is 37.3 Å². The molecule has 0 spiro atoms. The number of carboxylic acids is 1. The highest BCUT2D eigenvalue weighted by molar-refractivity contribution is 5.85. The minimum absolute atomic E-state index is 0.0686. The van der Waals surface area contributed by atoms with Crippen molar-refractivity contribution in [1.29, 1.82) is 0 Å². The summed E-state index contributed by atoms with van der Waals surface area (Å²) in [5, 5.41) is 9.16. The number of rotatable bonds is 4. The van der Waals surface area contributed by atoms with Crippen molar-refractivity contribution in [2.24, 2.45) is 5.92 Å². The second-order valence-electron chi connectivity index (χ2n) is 5.05. The molecule has 0 radical (unpaired) electrons. The van der Waals surface area contributed by atoms with E-state index in [-0.39, 0.29) is 18.4 Å². The van der Waals surface area contributed by atoms with Crippen molar-refractivity contribution in [2.75, 3.05) is 19.8 Å². The molecule has 0 bridgehead atoms. The van der Waals surface area contributed by atoms with Gasteiger partial charge in [-0.3, -0.25) is 4.79 Å². The van der Waals surface area contributed by atoms with Crippen LogP contribution in [0.2, 0.25) is 0 Å². The lowest BCUT2D eigenvalue weighted by atomic mass is 9.99.